The van der Waals surface area contributed by atoms with Gasteiger partial charge in [-0.1, -0.05) is 6.07 Å². The summed E-state index contributed by atoms with van der Waals surface area (Å²) < 4.78 is 5.05. The first-order chi connectivity index (χ1) is 9.78. The zero-order chi connectivity index (χ0) is 15.6. The topological polar surface area (TPSA) is 70.9 Å². The van der Waals surface area contributed by atoms with Gasteiger partial charge in [-0.05, 0) is 56.3 Å². The molecule has 1 heterocycles. The van der Waals surface area contributed by atoms with Crippen molar-refractivity contribution in [1.82, 2.24) is 5.32 Å². The van der Waals surface area contributed by atoms with Crippen molar-refractivity contribution in [3.63, 3.8) is 0 Å². The number of aromatic hydroxyl groups is 1. The summed E-state index contributed by atoms with van der Waals surface area (Å²) in [5, 5.41) is 12.9. The molecule has 0 saturated carbocycles. The van der Waals surface area contributed by atoms with Crippen molar-refractivity contribution in [2.75, 3.05) is 7.11 Å². The van der Waals surface area contributed by atoms with E-state index < -0.39 is 0 Å². The summed E-state index contributed by atoms with van der Waals surface area (Å²) in [7, 11) is 1.48. The monoisotopic (exact) mass is 306 g/mol. The van der Waals surface area contributed by atoms with Crippen molar-refractivity contribution in [3.8, 4) is 11.5 Å². The van der Waals surface area contributed by atoms with Crippen LogP contribution in [0.2, 0.25) is 0 Å². The summed E-state index contributed by atoms with van der Waals surface area (Å²) in [6, 6.07) is 4.93. The van der Waals surface area contributed by atoms with Crippen LogP contribution in [0.15, 0.2) is 28.1 Å². The number of phenols is 1. The lowest BCUT2D eigenvalue weighted by atomic mass is 10.1. The summed E-state index contributed by atoms with van der Waals surface area (Å²) in [5.41, 5.74) is 0.534. The lowest BCUT2D eigenvalue weighted by Crippen LogP contribution is -2.23. The van der Waals surface area contributed by atoms with Gasteiger partial charge in [0.05, 0.1) is 17.6 Å². The van der Waals surface area contributed by atoms with Crippen LogP contribution in [0.3, 0.4) is 0 Å². The molecule has 0 radical (unpaired) electrons. The molecule has 2 rings (SSSR count). The number of amides is 1. The third kappa shape index (κ3) is 4.01. The Morgan fingerprint density at radius 3 is 2.71 bits per heavy atom. The van der Waals surface area contributed by atoms with Crippen molar-refractivity contribution in [2.45, 2.75) is 26.3 Å². The number of hydrogen-bond donors (Lipinski definition) is 2. The van der Waals surface area contributed by atoms with E-state index in [0.717, 1.165) is 5.56 Å². The summed E-state index contributed by atoms with van der Waals surface area (Å²) in [6.07, 6.45) is 1.74. The molecular weight excluding hydrogens is 288 g/mol. The van der Waals surface area contributed by atoms with Crippen LogP contribution in [-0.2, 0) is 4.79 Å². The highest BCUT2D eigenvalue weighted by molar-refractivity contribution is 8.18. The van der Waals surface area contributed by atoms with Crippen molar-refractivity contribution in [3.05, 3.63) is 28.7 Å². The predicted octanol–water partition coefficient (Wildman–Crippen LogP) is 2.76. The van der Waals surface area contributed by atoms with Gasteiger partial charge in [0, 0.05) is 0 Å². The first-order valence-electron chi connectivity index (χ1n) is 6.46. The van der Waals surface area contributed by atoms with Crippen LogP contribution in [0, 0.1) is 0 Å². The molecule has 1 aliphatic heterocycles. The number of methoxy groups -OCH3 is 1. The van der Waals surface area contributed by atoms with Crippen molar-refractivity contribution in [2.24, 2.45) is 4.99 Å². The van der Waals surface area contributed by atoms with Gasteiger partial charge < -0.3 is 15.2 Å². The van der Waals surface area contributed by atoms with Crippen LogP contribution in [0.4, 0.5) is 0 Å². The van der Waals surface area contributed by atoms with E-state index in [-0.39, 0.29) is 17.2 Å². The Bertz CT molecular complexity index is 630. The molecule has 0 aromatic heterocycles. The third-order valence-corrected chi connectivity index (χ3v) is 3.50. The molecule has 5 nitrogen and oxygen atoms in total. The number of carbonyl (C=O) groups is 1. The van der Waals surface area contributed by atoms with E-state index in [1.807, 2.05) is 20.8 Å². The van der Waals surface area contributed by atoms with Gasteiger partial charge in [0.15, 0.2) is 16.7 Å². The minimum Gasteiger partial charge on any atom is -0.504 e. The Hall–Kier alpha value is -1.95. The number of benzene rings is 1. The molecule has 1 aromatic rings. The first-order valence-corrected chi connectivity index (χ1v) is 7.28. The molecule has 1 fully saturated rings. The maximum absolute atomic E-state index is 11.9. The Balaban J connectivity index is 2.26. The van der Waals surface area contributed by atoms with Crippen LogP contribution in [0.25, 0.3) is 6.08 Å². The highest BCUT2D eigenvalue weighted by Gasteiger charge is 2.25. The number of rotatable bonds is 2. The molecule has 0 aliphatic carbocycles. The Morgan fingerprint density at radius 1 is 1.38 bits per heavy atom. The van der Waals surface area contributed by atoms with Crippen LogP contribution in [0.5, 0.6) is 11.5 Å². The molecule has 0 spiro atoms. The van der Waals surface area contributed by atoms with Crippen molar-refractivity contribution in [1.29, 1.82) is 0 Å². The first kappa shape index (κ1) is 15.4. The van der Waals surface area contributed by atoms with E-state index in [9.17, 15) is 9.90 Å². The van der Waals surface area contributed by atoms with Gasteiger partial charge in [-0.25, -0.2) is 0 Å². The quantitative estimate of drug-likeness (QED) is 0.824. The van der Waals surface area contributed by atoms with Gasteiger partial charge >= 0.3 is 0 Å². The van der Waals surface area contributed by atoms with E-state index in [1.165, 1.54) is 24.9 Å². The largest absolute Gasteiger partial charge is 0.504 e. The molecule has 112 valence electrons. The third-order valence-electron chi connectivity index (χ3n) is 2.59. The smallest absolute Gasteiger partial charge is 0.264 e. The van der Waals surface area contributed by atoms with E-state index in [4.69, 9.17) is 4.74 Å². The van der Waals surface area contributed by atoms with E-state index in [2.05, 4.69) is 10.3 Å². The molecule has 21 heavy (non-hydrogen) atoms. The summed E-state index contributed by atoms with van der Waals surface area (Å²) >= 11 is 1.31. The highest BCUT2D eigenvalue weighted by Crippen LogP contribution is 2.31. The Kier molecular flexibility index (Phi) is 4.27. The van der Waals surface area contributed by atoms with Crippen LogP contribution < -0.4 is 10.1 Å². The number of hydrogen-bond acceptors (Lipinski definition) is 5. The standard InChI is InChI=1S/C15H18N2O3S/c1-15(2,3)17-14-16-13(19)12(21-14)8-9-5-6-10(18)11(7-9)20-4/h5-8,18H,1-4H3,(H,16,17,19)/b12-8-. The van der Waals surface area contributed by atoms with Crippen LogP contribution in [-0.4, -0.2) is 28.8 Å². The van der Waals surface area contributed by atoms with Gasteiger partial charge in [0.25, 0.3) is 5.91 Å². The number of thioether (sulfide) groups is 1. The van der Waals surface area contributed by atoms with Crippen LogP contribution in [0.1, 0.15) is 26.3 Å². The fraction of sp³-hybridized carbons (Fsp3) is 0.333. The second-order valence-corrected chi connectivity index (χ2v) is 6.61. The molecule has 0 unspecified atom stereocenters. The molecule has 1 aromatic carbocycles. The molecule has 1 aliphatic rings. The summed E-state index contributed by atoms with van der Waals surface area (Å²) in [4.78, 5) is 16.9. The summed E-state index contributed by atoms with van der Waals surface area (Å²) in [6.45, 7) is 5.91. The van der Waals surface area contributed by atoms with Gasteiger partial charge in [-0.3, -0.25) is 9.79 Å². The van der Waals surface area contributed by atoms with Gasteiger partial charge in [0.2, 0.25) is 0 Å². The lowest BCUT2D eigenvalue weighted by molar-refractivity contribution is -0.115. The number of nitrogens with zero attached hydrogens (tertiary/aromatic N) is 1. The van der Waals surface area contributed by atoms with Gasteiger partial charge in [-0.15, -0.1) is 0 Å². The molecule has 1 saturated heterocycles. The zero-order valence-electron chi connectivity index (χ0n) is 12.4. The SMILES string of the molecule is COc1cc(/C=C2\SC(=NC(C)(C)C)NC2=O)ccc1O. The second-order valence-electron chi connectivity index (χ2n) is 5.58. The number of amidine groups is 1. The maximum atomic E-state index is 11.9. The number of nitrogens with one attached hydrogen (secondary N) is 1. The molecular formula is C15H18N2O3S. The average molecular weight is 306 g/mol. The molecule has 1 amide bonds. The minimum absolute atomic E-state index is 0.0677. The lowest BCUT2D eigenvalue weighted by Gasteiger charge is -2.11. The van der Waals surface area contributed by atoms with E-state index in [0.29, 0.717) is 15.8 Å². The van der Waals surface area contributed by atoms with Gasteiger partial charge in [0.1, 0.15) is 0 Å². The Labute approximate surface area is 128 Å². The second kappa shape index (κ2) is 5.81. The highest BCUT2D eigenvalue weighted by atomic mass is 32.2. The van der Waals surface area contributed by atoms with E-state index >= 15 is 0 Å². The van der Waals surface area contributed by atoms with Gasteiger partial charge in [-0.2, -0.15) is 0 Å². The number of aliphatic imine (C=N–C) groups is 1. The van der Waals surface area contributed by atoms with Crippen LogP contribution >= 0.6 is 11.8 Å². The summed E-state index contributed by atoms with van der Waals surface area (Å²) in [5.74, 6) is 0.268. The molecule has 2 N–H and O–H groups in total. The van der Waals surface area contributed by atoms with Crippen molar-refractivity contribution < 1.29 is 14.6 Å². The zero-order valence-corrected chi connectivity index (χ0v) is 13.2. The predicted molar refractivity (Wildman–Crippen MR) is 85.6 cm³/mol. The fourth-order valence-electron chi connectivity index (χ4n) is 1.72. The number of ether oxygens (including phenoxy) is 1. The normalized spacial score (nSPS) is 19.1. The molecule has 6 heteroatoms. The average Bonchev–Trinajstić information content (AvgIpc) is 2.69. The molecule has 0 bridgehead atoms. The maximum Gasteiger partial charge on any atom is 0.264 e. The number of carbonyl (C=O) groups excluding carboxylic acids is 1. The Morgan fingerprint density at radius 2 is 2.10 bits per heavy atom. The minimum atomic E-state index is -0.243. The van der Waals surface area contributed by atoms with Crippen molar-refractivity contribution >= 4 is 28.9 Å². The fourth-order valence-corrected chi connectivity index (χ4v) is 2.73. The molecule has 0 atom stereocenters. The number of phenolic OH excluding ortho intramolecular Hbond substituents is 1. The van der Waals surface area contributed by atoms with E-state index in [1.54, 1.807) is 18.2 Å².